The van der Waals surface area contributed by atoms with Gasteiger partial charge in [0.15, 0.2) is 0 Å². The van der Waals surface area contributed by atoms with Crippen LogP contribution in [0, 0.1) is 6.92 Å². The predicted molar refractivity (Wildman–Crippen MR) is 123 cm³/mol. The van der Waals surface area contributed by atoms with Gasteiger partial charge < -0.3 is 15.1 Å². The number of aryl methyl sites for hydroxylation is 1. The number of aromatic nitrogens is 3. The fourth-order valence-electron chi connectivity index (χ4n) is 3.62. The van der Waals surface area contributed by atoms with E-state index in [0.717, 1.165) is 47.1 Å². The topological polar surface area (TPSA) is 93.4 Å². The van der Waals surface area contributed by atoms with E-state index >= 15 is 0 Å². The monoisotopic (exact) mass is 430 g/mol. The van der Waals surface area contributed by atoms with Gasteiger partial charge in [0.05, 0.1) is 5.69 Å². The first-order valence-corrected chi connectivity index (χ1v) is 11.1. The molecule has 156 valence electrons. The molecular weight excluding hydrogens is 408 g/mol. The number of rotatable bonds is 4. The van der Waals surface area contributed by atoms with Crippen molar-refractivity contribution < 1.29 is 4.42 Å². The average molecular weight is 431 g/mol. The molecule has 0 bridgehead atoms. The van der Waals surface area contributed by atoms with E-state index in [0.29, 0.717) is 11.9 Å². The molecule has 0 atom stereocenters. The highest BCUT2D eigenvalue weighted by atomic mass is 32.1. The van der Waals surface area contributed by atoms with Crippen molar-refractivity contribution in [1.82, 2.24) is 20.1 Å². The molecule has 4 aromatic rings. The van der Waals surface area contributed by atoms with E-state index < -0.39 is 0 Å². The first kappa shape index (κ1) is 19.4. The minimum atomic E-state index is 0.168. The van der Waals surface area contributed by atoms with E-state index in [2.05, 4.69) is 51.6 Å². The van der Waals surface area contributed by atoms with Gasteiger partial charge in [-0.3, -0.25) is 0 Å². The van der Waals surface area contributed by atoms with E-state index in [1.54, 1.807) is 0 Å². The predicted octanol–water partition coefficient (Wildman–Crippen LogP) is 4.88. The van der Waals surface area contributed by atoms with Crippen molar-refractivity contribution in [3.05, 3.63) is 60.3 Å². The van der Waals surface area contributed by atoms with Crippen LogP contribution in [-0.2, 0) is 0 Å². The zero-order chi connectivity index (χ0) is 21.2. The summed E-state index contributed by atoms with van der Waals surface area (Å²) in [5, 5.41) is 9.11. The van der Waals surface area contributed by atoms with Gasteiger partial charge in [-0.05, 0) is 30.9 Å². The van der Waals surface area contributed by atoms with Crippen LogP contribution in [0.4, 0.5) is 6.01 Å². The van der Waals surface area contributed by atoms with Crippen molar-refractivity contribution in [2.75, 3.05) is 13.1 Å². The summed E-state index contributed by atoms with van der Waals surface area (Å²) < 4.78 is 5.76. The van der Waals surface area contributed by atoms with Crippen molar-refractivity contribution >= 4 is 23.3 Å². The van der Waals surface area contributed by atoms with E-state index in [1.165, 1.54) is 22.5 Å². The maximum absolute atomic E-state index is 6.06. The number of hydrogen-bond donors (Lipinski definition) is 1. The summed E-state index contributed by atoms with van der Waals surface area (Å²) >= 11 is 1.53. The van der Waals surface area contributed by atoms with Crippen LogP contribution in [0.5, 0.6) is 0 Å². The summed E-state index contributed by atoms with van der Waals surface area (Å²) in [4.78, 5) is 11.9. The number of thiazole rings is 1. The van der Waals surface area contributed by atoms with E-state index in [-0.39, 0.29) is 6.01 Å². The van der Waals surface area contributed by atoms with Gasteiger partial charge in [0.2, 0.25) is 5.96 Å². The molecule has 0 unspecified atom stereocenters. The maximum atomic E-state index is 6.06. The second-order valence-electron chi connectivity index (χ2n) is 7.43. The van der Waals surface area contributed by atoms with E-state index in [1.807, 2.05) is 30.0 Å². The lowest BCUT2D eigenvalue weighted by molar-refractivity contribution is 0.508. The number of nitrogens with two attached hydrogens (primary N) is 1. The Bertz CT molecular complexity index is 1210. The second kappa shape index (κ2) is 8.31. The zero-order valence-electron chi connectivity index (χ0n) is 17.2. The van der Waals surface area contributed by atoms with Gasteiger partial charge in [-0.1, -0.05) is 59.7 Å². The van der Waals surface area contributed by atoms with Crippen LogP contribution in [-0.4, -0.2) is 39.1 Å². The van der Waals surface area contributed by atoms with Gasteiger partial charge >= 0.3 is 6.01 Å². The molecule has 1 aliphatic heterocycles. The summed E-state index contributed by atoms with van der Waals surface area (Å²) in [6.45, 7) is 3.77. The molecule has 31 heavy (non-hydrogen) atoms. The van der Waals surface area contributed by atoms with Crippen LogP contribution in [0.15, 0.2) is 64.0 Å². The third kappa shape index (κ3) is 4.06. The van der Waals surface area contributed by atoms with Gasteiger partial charge in [0.1, 0.15) is 9.88 Å². The highest BCUT2D eigenvalue weighted by Gasteiger charge is 2.19. The van der Waals surface area contributed by atoms with Crippen molar-refractivity contribution in [2.45, 2.75) is 19.8 Å². The Hall–Kier alpha value is -3.52. The van der Waals surface area contributed by atoms with Crippen LogP contribution in [0.3, 0.4) is 0 Å². The molecule has 8 heteroatoms. The Morgan fingerprint density at radius 2 is 1.65 bits per heavy atom. The second-order valence-corrected chi connectivity index (χ2v) is 8.43. The molecule has 5 rings (SSSR count). The maximum Gasteiger partial charge on any atom is 0.346 e. The third-order valence-electron chi connectivity index (χ3n) is 5.28. The van der Waals surface area contributed by atoms with Crippen LogP contribution >= 0.6 is 11.3 Å². The Morgan fingerprint density at radius 1 is 0.968 bits per heavy atom. The molecule has 0 saturated carbocycles. The molecule has 0 amide bonds. The molecule has 2 N–H and O–H groups in total. The highest BCUT2D eigenvalue weighted by molar-refractivity contribution is 7.18. The molecule has 0 aliphatic carbocycles. The summed E-state index contributed by atoms with van der Waals surface area (Å²) in [5.41, 5.74) is 10.3. The van der Waals surface area contributed by atoms with Gasteiger partial charge in [0.25, 0.3) is 5.89 Å². The zero-order valence-corrected chi connectivity index (χ0v) is 18.0. The number of aliphatic imine (C=N–C) groups is 1. The van der Waals surface area contributed by atoms with Crippen LogP contribution in [0.1, 0.15) is 18.5 Å². The molecule has 3 heterocycles. The van der Waals surface area contributed by atoms with Crippen molar-refractivity contribution in [3.8, 4) is 32.5 Å². The van der Waals surface area contributed by atoms with Gasteiger partial charge in [-0.2, -0.15) is 4.99 Å². The van der Waals surface area contributed by atoms with E-state index in [9.17, 15) is 0 Å². The smallest absolute Gasteiger partial charge is 0.346 e. The molecular formula is C23H22N6OS. The van der Waals surface area contributed by atoms with Gasteiger partial charge in [-0.25, -0.2) is 4.98 Å². The number of guanidine groups is 1. The Labute approximate surface area is 184 Å². The van der Waals surface area contributed by atoms with Crippen molar-refractivity contribution in [2.24, 2.45) is 10.7 Å². The molecule has 2 aromatic carbocycles. The summed E-state index contributed by atoms with van der Waals surface area (Å²) in [7, 11) is 0. The minimum Gasteiger partial charge on any atom is -0.401 e. The average Bonchev–Trinajstić information content (AvgIpc) is 3.56. The Morgan fingerprint density at radius 3 is 2.39 bits per heavy atom. The van der Waals surface area contributed by atoms with E-state index in [4.69, 9.17) is 15.1 Å². The number of benzene rings is 2. The molecule has 0 radical (unpaired) electrons. The fourth-order valence-corrected chi connectivity index (χ4v) is 4.61. The van der Waals surface area contributed by atoms with Crippen LogP contribution in [0.25, 0.3) is 32.5 Å². The number of nitrogens with zero attached hydrogens (tertiary/aromatic N) is 5. The first-order valence-electron chi connectivity index (χ1n) is 10.2. The number of likely N-dealkylation sites (tertiary alicyclic amines) is 1. The highest BCUT2D eigenvalue weighted by Crippen LogP contribution is 2.36. The lowest BCUT2D eigenvalue weighted by Crippen LogP contribution is -2.34. The SMILES string of the molecule is Cc1nc(-c2ccc(-c3ccccc3)cc2)sc1-c1nnc(N=C(N)N2CCCC2)o1. The lowest BCUT2D eigenvalue weighted by atomic mass is 10.0. The molecule has 2 aromatic heterocycles. The molecule has 7 nitrogen and oxygen atoms in total. The van der Waals surface area contributed by atoms with Crippen LogP contribution < -0.4 is 5.73 Å². The van der Waals surface area contributed by atoms with Crippen molar-refractivity contribution in [1.29, 1.82) is 0 Å². The lowest BCUT2D eigenvalue weighted by Gasteiger charge is -2.14. The summed E-state index contributed by atoms with van der Waals surface area (Å²) in [5.74, 6) is 0.836. The van der Waals surface area contributed by atoms with Crippen LogP contribution in [0.2, 0.25) is 0 Å². The normalized spacial score (nSPS) is 14.4. The number of hydrogen-bond acceptors (Lipinski definition) is 6. The third-order valence-corrected chi connectivity index (χ3v) is 6.48. The first-order chi connectivity index (χ1) is 15.2. The summed E-state index contributed by atoms with van der Waals surface area (Å²) in [6, 6.07) is 18.9. The Kier molecular flexibility index (Phi) is 5.21. The molecule has 0 spiro atoms. The molecule has 1 saturated heterocycles. The fraction of sp³-hybridized carbons (Fsp3) is 0.217. The van der Waals surface area contributed by atoms with Crippen molar-refractivity contribution in [3.63, 3.8) is 0 Å². The van der Waals surface area contributed by atoms with Gasteiger partial charge in [-0.15, -0.1) is 16.4 Å². The largest absolute Gasteiger partial charge is 0.401 e. The summed E-state index contributed by atoms with van der Waals surface area (Å²) in [6.07, 6.45) is 2.25. The molecule has 1 aliphatic rings. The van der Waals surface area contributed by atoms with Gasteiger partial charge in [0, 0.05) is 18.7 Å². The quantitative estimate of drug-likeness (QED) is 0.366. The Balaban J connectivity index is 1.38. The standard InChI is InChI=1S/C23H22N6OS/c1-15-19(20-27-28-23(30-20)26-22(24)29-13-5-6-14-29)31-21(25-15)18-11-9-17(10-12-18)16-7-3-2-4-8-16/h2-4,7-12H,5-6,13-14H2,1H3,(H2,24,26,28). The molecule has 1 fully saturated rings. The minimum absolute atomic E-state index is 0.168.